The first-order chi connectivity index (χ1) is 12.0. The van der Waals surface area contributed by atoms with E-state index in [0.29, 0.717) is 21.0 Å². The zero-order valence-corrected chi connectivity index (χ0v) is 13.5. The molecule has 2 aromatic carbocycles. The van der Waals surface area contributed by atoms with Crippen LogP contribution in [0.15, 0.2) is 48.5 Å². The van der Waals surface area contributed by atoms with E-state index in [0.717, 1.165) is 0 Å². The van der Waals surface area contributed by atoms with E-state index < -0.39 is 17.7 Å². The van der Waals surface area contributed by atoms with E-state index in [1.165, 1.54) is 24.3 Å². The molecular formula is C16H13ClFN5O2. The van der Waals surface area contributed by atoms with Crippen LogP contribution >= 0.6 is 11.6 Å². The summed E-state index contributed by atoms with van der Waals surface area (Å²) in [5.74, 6) is -0.907. The van der Waals surface area contributed by atoms with Crippen LogP contribution in [0, 0.1) is 5.82 Å². The summed E-state index contributed by atoms with van der Waals surface area (Å²) >= 11 is 5.92. The summed E-state index contributed by atoms with van der Waals surface area (Å²) in [5.41, 5.74) is 12.2. The van der Waals surface area contributed by atoms with Crippen molar-refractivity contribution in [1.82, 2.24) is 9.78 Å². The van der Waals surface area contributed by atoms with Gasteiger partial charge in [-0.05, 0) is 42.5 Å². The van der Waals surface area contributed by atoms with Crippen LogP contribution in [0.25, 0.3) is 11.3 Å². The van der Waals surface area contributed by atoms with Gasteiger partial charge in [0, 0.05) is 10.6 Å². The van der Waals surface area contributed by atoms with Crippen molar-refractivity contribution in [3.8, 4) is 17.1 Å². The van der Waals surface area contributed by atoms with E-state index in [-0.39, 0.29) is 11.4 Å². The molecule has 1 heterocycles. The lowest BCUT2D eigenvalue weighted by molar-refractivity contribution is 0.244. The van der Waals surface area contributed by atoms with E-state index >= 15 is 0 Å². The Balaban J connectivity index is 1.98. The summed E-state index contributed by atoms with van der Waals surface area (Å²) in [6, 6.07) is 11.3. The number of rotatable bonds is 4. The SMILES string of the molecule is NC(=O)n1nc(-c2ccc(F)cc2)c(NNc2cccc(Cl)c2)c1O. The molecule has 1 amide bonds. The summed E-state index contributed by atoms with van der Waals surface area (Å²) in [7, 11) is 0. The van der Waals surface area contributed by atoms with E-state index in [1.807, 2.05) is 0 Å². The number of aromatic hydroxyl groups is 1. The van der Waals surface area contributed by atoms with Crippen molar-refractivity contribution in [1.29, 1.82) is 0 Å². The molecule has 7 nitrogen and oxygen atoms in total. The number of primary amides is 1. The van der Waals surface area contributed by atoms with Gasteiger partial charge in [-0.25, -0.2) is 9.18 Å². The number of hydrogen-bond donors (Lipinski definition) is 4. The van der Waals surface area contributed by atoms with Crippen LogP contribution < -0.4 is 16.6 Å². The van der Waals surface area contributed by atoms with Gasteiger partial charge in [0.15, 0.2) is 0 Å². The standard InChI is InChI=1S/C16H13ClFN5O2/c17-10-2-1-3-12(8-10)20-21-14-13(9-4-6-11(18)7-5-9)22-23(15(14)24)16(19)25/h1-8,20-21,24H,(H2,19,25). The molecule has 128 valence electrons. The molecule has 1 aromatic heterocycles. The predicted molar refractivity (Wildman–Crippen MR) is 93.0 cm³/mol. The smallest absolute Gasteiger partial charge is 0.342 e. The van der Waals surface area contributed by atoms with Gasteiger partial charge in [0.05, 0.1) is 5.69 Å². The van der Waals surface area contributed by atoms with Crippen molar-refractivity contribution in [2.75, 3.05) is 10.9 Å². The third kappa shape index (κ3) is 3.48. The summed E-state index contributed by atoms with van der Waals surface area (Å²) in [5, 5.41) is 14.7. The van der Waals surface area contributed by atoms with Gasteiger partial charge in [-0.3, -0.25) is 5.43 Å². The zero-order valence-electron chi connectivity index (χ0n) is 12.7. The lowest BCUT2D eigenvalue weighted by atomic mass is 10.1. The van der Waals surface area contributed by atoms with Crippen LogP contribution in [0.3, 0.4) is 0 Å². The lowest BCUT2D eigenvalue weighted by Gasteiger charge is -2.10. The zero-order chi connectivity index (χ0) is 18.0. The van der Waals surface area contributed by atoms with Gasteiger partial charge in [0.25, 0.3) is 0 Å². The fourth-order valence-electron chi connectivity index (χ4n) is 2.19. The number of hydrogen-bond acceptors (Lipinski definition) is 5. The Morgan fingerprint density at radius 3 is 2.56 bits per heavy atom. The molecule has 3 rings (SSSR count). The Kier molecular flexibility index (Phi) is 4.44. The number of halogens is 2. The molecule has 0 unspecified atom stereocenters. The molecule has 0 saturated carbocycles. The minimum absolute atomic E-state index is 0.102. The Hall–Kier alpha value is -3.26. The monoisotopic (exact) mass is 361 g/mol. The molecule has 0 aliphatic carbocycles. The molecule has 0 bridgehead atoms. The largest absolute Gasteiger partial charge is 0.492 e. The highest BCUT2D eigenvalue weighted by Crippen LogP contribution is 2.35. The maximum absolute atomic E-state index is 13.1. The first kappa shape index (κ1) is 16.6. The van der Waals surface area contributed by atoms with Gasteiger partial charge in [0.1, 0.15) is 17.2 Å². The molecule has 0 atom stereocenters. The van der Waals surface area contributed by atoms with E-state index in [4.69, 9.17) is 17.3 Å². The highest BCUT2D eigenvalue weighted by molar-refractivity contribution is 6.30. The number of anilines is 2. The minimum atomic E-state index is -0.961. The minimum Gasteiger partial charge on any atom is -0.492 e. The van der Waals surface area contributed by atoms with Crippen molar-refractivity contribution >= 4 is 29.0 Å². The normalized spacial score (nSPS) is 10.5. The molecule has 0 spiro atoms. The van der Waals surface area contributed by atoms with Crippen molar-refractivity contribution in [2.45, 2.75) is 0 Å². The first-order valence-electron chi connectivity index (χ1n) is 7.11. The molecule has 25 heavy (non-hydrogen) atoms. The Morgan fingerprint density at radius 2 is 1.92 bits per heavy atom. The van der Waals surface area contributed by atoms with Gasteiger partial charge in [-0.15, -0.1) is 4.68 Å². The topological polar surface area (TPSA) is 105 Å². The second-order valence-corrected chi connectivity index (χ2v) is 5.50. The van der Waals surface area contributed by atoms with Crippen LogP contribution in [-0.2, 0) is 0 Å². The quantitative estimate of drug-likeness (QED) is 0.533. The van der Waals surface area contributed by atoms with Crippen LogP contribution in [0.1, 0.15) is 0 Å². The average molecular weight is 362 g/mol. The second kappa shape index (κ2) is 6.70. The van der Waals surface area contributed by atoms with Gasteiger partial charge >= 0.3 is 6.03 Å². The number of aromatic nitrogens is 2. The molecule has 5 N–H and O–H groups in total. The number of carbonyl (C=O) groups is 1. The molecule has 0 saturated heterocycles. The van der Waals surface area contributed by atoms with Crippen molar-refractivity contribution in [3.63, 3.8) is 0 Å². The van der Waals surface area contributed by atoms with E-state index in [1.54, 1.807) is 24.3 Å². The highest BCUT2D eigenvalue weighted by atomic mass is 35.5. The molecule has 0 aliphatic rings. The van der Waals surface area contributed by atoms with Gasteiger partial charge < -0.3 is 16.3 Å². The fraction of sp³-hybridized carbons (Fsp3) is 0. The van der Waals surface area contributed by atoms with Gasteiger partial charge in [0.2, 0.25) is 5.88 Å². The van der Waals surface area contributed by atoms with Crippen LogP contribution in [0.4, 0.5) is 20.6 Å². The Bertz CT molecular complexity index is 927. The number of nitrogens with zero attached hydrogens (tertiary/aromatic N) is 2. The lowest BCUT2D eigenvalue weighted by Crippen LogP contribution is -2.20. The highest BCUT2D eigenvalue weighted by Gasteiger charge is 2.21. The average Bonchev–Trinajstić information content (AvgIpc) is 2.91. The number of nitrogens with one attached hydrogen (secondary N) is 2. The van der Waals surface area contributed by atoms with Crippen LogP contribution in [0.5, 0.6) is 5.88 Å². The van der Waals surface area contributed by atoms with Gasteiger partial charge in [-0.2, -0.15) is 5.10 Å². The third-order valence-corrected chi connectivity index (χ3v) is 3.58. The summed E-state index contributed by atoms with van der Waals surface area (Å²) < 4.78 is 13.8. The fourth-order valence-corrected chi connectivity index (χ4v) is 2.38. The summed E-state index contributed by atoms with van der Waals surface area (Å²) in [6.07, 6.45) is 0. The predicted octanol–water partition coefficient (Wildman–Crippen LogP) is 3.41. The maximum Gasteiger partial charge on any atom is 0.342 e. The second-order valence-electron chi connectivity index (χ2n) is 5.06. The maximum atomic E-state index is 13.1. The summed E-state index contributed by atoms with van der Waals surface area (Å²) in [4.78, 5) is 11.4. The van der Waals surface area contributed by atoms with E-state index in [2.05, 4.69) is 16.0 Å². The van der Waals surface area contributed by atoms with Crippen LogP contribution in [0.2, 0.25) is 5.02 Å². The Labute approximate surface area is 146 Å². The molecule has 9 heteroatoms. The van der Waals surface area contributed by atoms with Crippen LogP contribution in [-0.4, -0.2) is 20.9 Å². The number of amides is 1. The third-order valence-electron chi connectivity index (χ3n) is 3.34. The number of carbonyl (C=O) groups excluding carboxylic acids is 1. The number of nitrogens with two attached hydrogens (primary N) is 1. The molecule has 3 aromatic rings. The van der Waals surface area contributed by atoms with Crippen molar-refractivity contribution in [3.05, 3.63) is 59.4 Å². The molecule has 0 fully saturated rings. The number of benzene rings is 2. The van der Waals surface area contributed by atoms with Gasteiger partial charge in [-0.1, -0.05) is 17.7 Å². The summed E-state index contributed by atoms with van der Waals surface area (Å²) in [6.45, 7) is 0. The molecule has 0 radical (unpaired) electrons. The van der Waals surface area contributed by atoms with E-state index in [9.17, 15) is 14.3 Å². The molecule has 0 aliphatic heterocycles. The van der Waals surface area contributed by atoms with Crippen molar-refractivity contribution < 1.29 is 14.3 Å². The first-order valence-corrected chi connectivity index (χ1v) is 7.49. The molecular weight excluding hydrogens is 349 g/mol. The number of hydrazine groups is 1. The Morgan fingerprint density at radius 1 is 1.20 bits per heavy atom. The van der Waals surface area contributed by atoms with Crippen molar-refractivity contribution in [2.24, 2.45) is 5.73 Å².